The van der Waals surface area contributed by atoms with Gasteiger partial charge < -0.3 is 9.47 Å². The standard InChI is InChI=1S/C36H32O3/c1-4-36(2,3)39-34-23-21-30(25-32(34)27-16-10-6-11-17-27)29-20-22-33(31(24-29)26-14-8-5-9-15-26)38-35(37)28-18-12-7-13-19-28/h5-25H,4H2,1-3H3. The van der Waals surface area contributed by atoms with Gasteiger partial charge in [0.2, 0.25) is 0 Å². The molecule has 0 aromatic heterocycles. The summed E-state index contributed by atoms with van der Waals surface area (Å²) in [6, 6.07) is 41.7. The van der Waals surface area contributed by atoms with E-state index in [1.807, 2.05) is 78.9 Å². The van der Waals surface area contributed by atoms with E-state index in [-0.39, 0.29) is 11.6 Å². The number of carbonyl (C=O) groups excluding carboxylic acids is 1. The van der Waals surface area contributed by atoms with Gasteiger partial charge >= 0.3 is 5.97 Å². The second kappa shape index (κ2) is 11.4. The molecule has 0 atom stereocenters. The predicted molar refractivity (Wildman–Crippen MR) is 159 cm³/mol. The van der Waals surface area contributed by atoms with Crippen LogP contribution < -0.4 is 9.47 Å². The van der Waals surface area contributed by atoms with Gasteiger partial charge in [0.1, 0.15) is 17.1 Å². The Kier molecular flexibility index (Phi) is 7.60. The van der Waals surface area contributed by atoms with Crippen LogP contribution in [0.15, 0.2) is 127 Å². The maximum atomic E-state index is 12.9. The fourth-order valence-electron chi connectivity index (χ4n) is 4.39. The summed E-state index contributed by atoms with van der Waals surface area (Å²) in [5, 5.41) is 0. The third-order valence-electron chi connectivity index (χ3n) is 6.91. The van der Waals surface area contributed by atoms with Crippen molar-refractivity contribution in [1.29, 1.82) is 0 Å². The molecule has 3 nitrogen and oxygen atoms in total. The SMILES string of the molecule is CCC(C)(C)Oc1ccc(-c2ccc(OC(=O)c3ccccc3)c(-c3ccccc3)c2)cc1-c1ccccc1. The van der Waals surface area contributed by atoms with Crippen molar-refractivity contribution in [2.24, 2.45) is 0 Å². The highest BCUT2D eigenvalue weighted by Gasteiger charge is 2.20. The molecule has 5 rings (SSSR count). The highest BCUT2D eigenvalue weighted by molar-refractivity contribution is 5.92. The summed E-state index contributed by atoms with van der Waals surface area (Å²) < 4.78 is 12.4. The van der Waals surface area contributed by atoms with Crippen LogP contribution in [0.25, 0.3) is 33.4 Å². The molecule has 0 saturated carbocycles. The van der Waals surface area contributed by atoms with Crippen molar-refractivity contribution in [1.82, 2.24) is 0 Å². The van der Waals surface area contributed by atoms with Crippen LogP contribution in [0.2, 0.25) is 0 Å². The summed E-state index contributed by atoms with van der Waals surface area (Å²) in [6.07, 6.45) is 0.895. The molecule has 0 aliphatic heterocycles. The summed E-state index contributed by atoms with van der Waals surface area (Å²) in [5.74, 6) is 0.993. The Hall–Kier alpha value is -4.63. The topological polar surface area (TPSA) is 35.5 Å². The van der Waals surface area contributed by atoms with E-state index in [2.05, 4.69) is 57.2 Å². The van der Waals surface area contributed by atoms with Gasteiger partial charge in [-0.25, -0.2) is 4.79 Å². The van der Waals surface area contributed by atoms with E-state index in [0.29, 0.717) is 11.3 Å². The van der Waals surface area contributed by atoms with Crippen molar-refractivity contribution < 1.29 is 14.3 Å². The Morgan fingerprint density at radius 3 is 1.56 bits per heavy atom. The average molecular weight is 513 g/mol. The molecule has 0 aliphatic carbocycles. The van der Waals surface area contributed by atoms with Gasteiger partial charge in [-0.2, -0.15) is 0 Å². The molecule has 0 spiro atoms. The van der Waals surface area contributed by atoms with E-state index in [0.717, 1.165) is 45.6 Å². The number of hydrogen-bond donors (Lipinski definition) is 0. The lowest BCUT2D eigenvalue weighted by Crippen LogP contribution is -2.27. The van der Waals surface area contributed by atoms with E-state index >= 15 is 0 Å². The van der Waals surface area contributed by atoms with E-state index in [1.54, 1.807) is 12.1 Å². The molecule has 0 N–H and O–H groups in total. The first-order valence-electron chi connectivity index (χ1n) is 13.3. The average Bonchev–Trinajstić information content (AvgIpc) is 2.99. The molecular weight excluding hydrogens is 480 g/mol. The summed E-state index contributed by atoms with van der Waals surface area (Å²) in [4.78, 5) is 12.9. The summed E-state index contributed by atoms with van der Waals surface area (Å²) in [7, 11) is 0. The molecule has 0 radical (unpaired) electrons. The highest BCUT2D eigenvalue weighted by Crippen LogP contribution is 2.39. The zero-order chi connectivity index (χ0) is 27.2. The van der Waals surface area contributed by atoms with Crippen LogP contribution in [-0.2, 0) is 0 Å². The van der Waals surface area contributed by atoms with Crippen molar-refractivity contribution in [2.45, 2.75) is 32.8 Å². The fourth-order valence-corrected chi connectivity index (χ4v) is 4.39. The molecule has 5 aromatic rings. The number of carbonyl (C=O) groups is 1. The first-order chi connectivity index (χ1) is 18.9. The van der Waals surface area contributed by atoms with Crippen LogP contribution in [0.4, 0.5) is 0 Å². The molecule has 0 amide bonds. The molecule has 0 unspecified atom stereocenters. The maximum Gasteiger partial charge on any atom is 0.343 e. The maximum absolute atomic E-state index is 12.9. The minimum absolute atomic E-state index is 0.282. The number of esters is 1. The highest BCUT2D eigenvalue weighted by atomic mass is 16.5. The van der Waals surface area contributed by atoms with E-state index in [4.69, 9.17) is 9.47 Å². The van der Waals surface area contributed by atoms with Gasteiger partial charge in [0.05, 0.1) is 5.56 Å². The second-order valence-electron chi connectivity index (χ2n) is 10.1. The van der Waals surface area contributed by atoms with Gasteiger partial charge in [0.25, 0.3) is 0 Å². The molecule has 3 heteroatoms. The third kappa shape index (κ3) is 6.10. The molecule has 0 aliphatic rings. The van der Waals surface area contributed by atoms with E-state index < -0.39 is 0 Å². The predicted octanol–water partition coefficient (Wildman–Crippen LogP) is 9.47. The van der Waals surface area contributed by atoms with Crippen LogP contribution in [0.5, 0.6) is 11.5 Å². The smallest absolute Gasteiger partial charge is 0.343 e. The molecule has 39 heavy (non-hydrogen) atoms. The molecule has 194 valence electrons. The van der Waals surface area contributed by atoms with Crippen molar-refractivity contribution >= 4 is 5.97 Å². The fraction of sp³-hybridized carbons (Fsp3) is 0.139. The van der Waals surface area contributed by atoms with Crippen LogP contribution in [0.1, 0.15) is 37.6 Å². The minimum atomic E-state index is -0.382. The molecule has 0 saturated heterocycles. The molecule has 0 heterocycles. The molecule has 5 aromatic carbocycles. The van der Waals surface area contributed by atoms with Crippen molar-refractivity contribution in [3.63, 3.8) is 0 Å². The van der Waals surface area contributed by atoms with Crippen molar-refractivity contribution in [3.05, 3.63) is 133 Å². The van der Waals surface area contributed by atoms with E-state index in [9.17, 15) is 4.79 Å². The van der Waals surface area contributed by atoms with Crippen molar-refractivity contribution in [2.75, 3.05) is 0 Å². The van der Waals surface area contributed by atoms with Crippen molar-refractivity contribution in [3.8, 4) is 44.9 Å². The number of rotatable bonds is 8. The lowest BCUT2D eigenvalue weighted by molar-refractivity contribution is 0.0735. The minimum Gasteiger partial charge on any atom is -0.487 e. The Morgan fingerprint density at radius 1 is 0.590 bits per heavy atom. The molecule has 0 fully saturated rings. The Bertz CT molecular complexity index is 1560. The Balaban J connectivity index is 1.58. The lowest BCUT2D eigenvalue weighted by Gasteiger charge is -2.27. The van der Waals surface area contributed by atoms with Crippen LogP contribution in [-0.4, -0.2) is 11.6 Å². The van der Waals surface area contributed by atoms with Gasteiger partial charge in [-0.15, -0.1) is 0 Å². The third-order valence-corrected chi connectivity index (χ3v) is 6.91. The van der Waals surface area contributed by atoms with Crippen LogP contribution in [0.3, 0.4) is 0 Å². The van der Waals surface area contributed by atoms with Gasteiger partial charge in [-0.3, -0.25) is 0 Å². The van der Waals surface area contributed by atoms with E-state index in [1.165, 1.54) is 0 Å². The monoisotopic (exact) mass is 512 g/mol. The van der Waals surface area contributed by atoms with Crippen LogP contribution >= 0.6 is 0 Å². The number of ether oxygens (including phenoxy) is 2. The quantitative estimate of drug-likeness (QED) is 0.153. The van der Waals surface area contributed by atoms with Gasteiger partial charge in [-0.05, 0) is 78.9 Å². The zero-order valence-electron chi connectivity index (χ0n) is 22.6. The van der Waals surface area contributed by atoms with Crippen LogP contribution in [0, 0.1) is 0 Å². The Morgan fingerprint density at radius 2 is 1.05 bits per heavy atom. The summed E-state index contributed by atoms with van der Waals surface area (Å²) in [6.45, 7) is 6.35. The summed E-state index contributed by atoms with van der Waals surface area (Å²) >= 11 is 0. The number of benzene rings is 5. The zero-order valence-corrected chi connectivity index (χ0v) is 22.6. The summed E-state index contributed by atoms with van der Waals surface area (Å²) in [5.41, 5.74) is 6.26. The van der Waals surface area contributed by atoms with Gasteiger partial charge in [0, 0.05) is 11.1 Å². The first-order valence-corrected chi connectivity index (χ1v) is 13.3. The Labute approximate surface area is 230 Å². The molecule has 0 bridgehead atoms. The number of hydrogen-bond acceptors (Lipinski definition) is 3. The molecular formula is C36H32O3. The first kappa shape index (κ1) is 26.0. The second-order valence-corrected chi connectivity index (χ2v) is 10.1. The van der Waals surface area contributed by atoms with Gasteiger partial charge in [-0.1, -0.05) is 97.9 Å². The normalized spacial score (nSPS) is 11.2. The van der Waals surface area contributed by atoms with Gasteiger partial charge in [0.15, 0.2) is 0 Å². The largest absolute Gasteiger partial charge is 0.487 e. The lowest BCUT2D eigenvalue weighted by atomic mass is 9.95.